The molecule has 3 N–H and O–H groups in total. The number of hydrogen-bond donors (Lipinski definition) is 3. The van der Waals surface area contributed by atoms with Crippen LogP contribution in [0.15, 0.2) is 60.8 Å². The molecule has 3 amide bonds. The zero-order valence-electron chi connectivity index (χ0n) is 19.2. The molecule has 0 spiro atoms. The quantitative estimate of drug-likeness (QED) is 0.470. The highest BCUT2D eigenvalue weighted by atomic mass is 16.2. The number of aromatic nitrogens is 1. The van der Waals surface area contributed by atoms with Gasteiger partial charge < -0.3 is 16.0 Å². The highest BCUT2D eigenvalue weighted by Gasteiger charge is 2.24. The Labute approximate surface area is 194 Å². The van der Waals surface area contributed by atoms with E-state index < -0.39 is 11.9 Å². The maximum atomic E-state index is 13.0. The van der Waals surface area contributed by atoms with E-state index in [0.717, 1.165) is 17.4 Å². The van der Waals surface area contributed by atoms with Crippen LogP contribution in [0.2, 0.25) is 0 Å². The lowest BCUT2D eigenvalue weighted by molar-refractivity contribution is -0.122. The van der Waals surface area contributed by atoms with Crippen LogP contribution < -0.4 is 16.0 Å². The van der Waals surface area contributed by atoms with E-state index in [-0.39, 0.29) is 24.1 Å². The molecule has 1 aromatic heterocycles. The molecular formula is C26H30N4O3. The Morgan fingerprint density at radius 2 is 1.64 bits per heavy atom. The van der Waals surface area contributed by atoms with Crippen LogP contribution in [0.4, 0.5) is 0 Å². The number of carbonyl (C=O) groups excluding carboxylic acids is 3. The van der Waals surface area contributed by atoms with E-state index in [1.165, 1.54) is 0 Å². The lowest BCUT2D eigenvalue weighted by Gasteiger charge is -2.20. The molecule has 0 fully saturated rings. The number of nitrogens with zero attached hydrogens (tertiary/aromatic N) is 1. The summed E-state index contributed by atoms with van der Waals surface area (Å²) in [6.45, 7) is 6.52. The second kappa shape index (κ2) is 11.2. The van der Waals surface area contributed by atoms with Crippen molar-refractivity contribution in [1.82, 2.24) is 20.9 Å². The maximum Gasteiger partial charge on any atom is 0.271 e. The predicted molar refractivity (Wildman–Crippen MR) is 129 cm³/mol. The topological polar surface area (TPSA) is 100 Å². The molecule has 0 aliphatic rings. The summed E-state index contributed by atoms with van der Waals surface area (Å²) in [6, 6.07) is 15.4. The summed E-state index contributed by atoms with van der Waals surface area (Å²) in [5.74, 6) is -0.708. The highest BCUT2D eigenvalue weighted by molar-refractivity contribution is 6.06. The molecule has 3 rings (SSSR count). The van der Waals surface area contributed by atoms with Gasteiger partial charge in [-0.25, -0.2) is 0 Å². The fraction of sp³-hybridized carbons (Fsp3) is 0.308. The van der Waals surface area contributed by atoms with Gasteiger partial charge in [-0.15, -0.1) is 0 Å². The third kappa shape index (κ3) is 6.62. The molecule has 2 aromatic carbocycles. The van der Waals surface area contributed by atoms with Crippen LogP contribution >= 0.6 is 0 Å². The number of nitrogens with one attached hydrogen (secondary N) is 3. The van der Waals surface area contributed by atoms with Crippen molar-refractivity contribution in [1.29, 1.82) is 0 Å². The minimum atomic E-state index is -0.945. The van der Waals surface area contributed by atoms with Crippen molar-refractivity contribution in [2.45, 2.75) is 33.2 Å². The standard InChI is InChI=1S/C26H30N4O3/c1-17(2)12-14-28-25(32)22(16-29-24(31)20-10-8-18(3)9-11-20)30-26(33)23-21-7-5-4-6-19(21)13-15-27-23/h4-11,13,15,17,22H,12,14,16H2,1-3H3,(H,28,32)(H,29,31)(H,30,33)/t22-/m0/s1. The molecular weight excluding hydrogens is 416 g/mol. The largest absolute Gasteiger partial charge is 0.354 e. The zero-order chi connectivity index (χ0) is 23.8. The van der Waals surface area contributed by atoms with E-state index in [1.54, 1.807) is 18.3 Å². The summed E-state index contributed by atoms with van der Waals surface area (Å²) in [6.07, 6.45) is 2.38. The molecule has 1 heterocycles. The van der Waals surface area contributed by atoms with Crippen LogP contribution in [-0.4, -0.2) is 41.8 Å². The second-order valence-electron chi connectivity index (χ2n) is 8.46. The second-order valence-corrected chi connectivity index (χ2v) is 8.46. The van der Waals surface area contributed by atoms with Gasteiger partial charge in [0.1, 0.15) is 11.7 Å². The lowest BCUT2D eigenvalue weighted by Crippen LogP contribution is -2.53. The summed E-state index contributed by atoms with van der Waals surface area (Å²) in [7, 11) is 0. The number of carbonyl (C=O) groups is 3. The molecule has 33 heavy (non-hydrogen) atoms. The SMILES string of the molecule is Cc1ccc(C(=O)NC[C@H](NC(=O)c2nccc3ccccc23)C(=O)NCCC(C)C)cc1. The van der Waals surface area contributed by atoms with E-state index >= 15 is 0 Å². The van der Waals surface area contributed by atoms with E-state index in [0.29, 0.717) is 23.4 Å². The van der Waals surface area contributed by atoms with Gasteiger partial charge in [0.25, 0.3) is 11.8 Å². The monoisotopic (exact) mass is 446 g/mol. The molecule has 1 atom stereocenters. The summed E-state index contributed by atoms with van der Waals surface area (Å²) < 4.78 is 0. The zero-order valence-corrected chi connectivity index (χ0v) is 19.2. The summed E-state index contributed by atoms with van der Waals surface area (Å²) in [4.78, 5) is 42.7. The molecule has 0 saturated carbocycles. The van der Waals surface area contributed by atoms with E-state index in [9.17, 15) is 14.4 Å². The Morgan fingerprint density at radius 1 is 0.909 bits per heavy atom. The first kappa shape index (κ1) is 23.9. The number of amides is 3. The van der Waals surface area contributed by atoms with Gasteiger partial charge in [-0.2, -0.15) is 0 Å². The van der Waals surface area contributed by atoms with Crippen LogP contribution in [0.25, 0.3) is 10.8 Å². The molecule has 7 nitrogen and oxygen atoms in total. The Morgan fingerprint density at radius 3 is 2.36 bits per heavy atom. The average Bonchev–Trinajstić information content (AvgIpc) is 2.81. The van der Waals surface area contributed by atoms with Gasteiger partial charge in [-0.3, -0.25) is 19.4 Å². The van der Waals surface area contributed by atoms with Gasteiger partial charge in [0, 0.05) is 30.2 Å². The molecule has 0 aliphatic heterocycles. The normalized spacial score (nSPS) is 11.8. The van der Waals surface area contributed by atoms with Crippen molar-refractivity contribution in [3.05, 3.63) is 77.6 Å². The van der Waals surface area contributed by atoms with Crippen molar-refractivity contribution >= 4 is 28.5 Å². The van der Waals surface area contributed by atoms with Gasteiger partial charge in [0.05, 0.1) is 0 Å². The van der Waals surface area contributed by atoms with E-state index in [4.69, 9.17) is 0 Å². The van der Waals surface area contributed by atoms with Gasteiger partial charge in [-0.1, -0.05) is 55.8 Å². The number of aryl methyl sites for hydroxylation is 1. The minimum Gasteiger partial charge on any atom is -0.354 e. The van der Waals surface area contributed by atoms with Crippen LogP contribution in [0.3, 0.4) is 0 Å². The fourth-order valence-electron chi connectivity index (χ4n) is 3.35. The molecule has 0 bridgehead atoms. The van der Waals surface area contributed by atoms with Crippen molar-refractivity contribution in [2.24, 2.45) is 5.92 Å². The van der Waals surface area contributed by atoms with Crippen LogP contribution in [0.5, 0.6) is 0 Å². The number of fused-ring (bicyclic) bond motifs is 1. The number of hydrogen-bond acceptors (Lipinski definition) is 4. The first-order chi connectivity index (χ1) is 15.8. The predicted octanol–water partition coefficient (Wildman–Crippen LogP) is 3.23. The van der Waals surface area contributed by atoms with Gasteiger partial charge in [0.15, 0.2) is 0 Å². The number of benzene rings is 2. The summed E-state index contributed by atoms with van der Waals surface area (Å²) in [5.41, 5.74) is 1.77. The Bertz CT molecular complexity index is 1120. The minimum absolute atomic E-state index is 0.0449. The van der Waals surface area contributed by atoms with E-state index in [2.05, 4.69) is 34.8 Å². The first-order valence-corrected chi connectivity index (χ1v) is 11.1. The summed E-state index contributed by atoms with van der Waals surface area (Å²) in [5, 5.41) is 9.94. The molecule has 7 heteroatoms. The molecule has 0 unspecified atom stereocenters. The number of rotatable bonds is 9. The van der Waals surface area contributed by atoms with E-state index in [1.807, 2.05) is 49.4 Å². The van der Waals surface area contributed by atoms with Crippen molar-refractivity contribution in [3.8, 4) is 0 Å². The Kier molecular flexibility index (Phi) is 8.13. The average molecular weight is 447 g/mol. The van der Waals surface area contributed by atoms with Crippen molar-refractivity contribution < 1.29 is 14.4 Å². The molecule has 172 valence electrons. The summed E-state index contributed by atoms with van der Waals surface area (Å²) >= 11 is 0. The Balaban J connectivity index is 1.74. The van der Waals surface area contributed by atoms with Crippen LogP contribution in [0, 0.1) is 12.8 Å². The van der Waals surface area contributed by atoms with Gasteiger partial charge in [0.2, 0.25) is 5.91 Å². The molecule has 0 aliphatic carbocycles. The van der Waals surface area contributed by atoms with Gasteiger partial charge >= 0.3 is 0 Å². The van der Waals surface area contributed by atoms with Crippen LogP contribution in [0.1, 0.15) is 46.7 Å². The third-order valence-corrected chi connectivity index (χ3v) is 5.31. The third-order valence-electron chi connectivity index (χ3n) is 5.31. The van der Waals surface area contributed by atoms with Crippen molar-refractivity contribution in [3.63, 3.8) is 0 Å². The maximum absolute atomic E-state index is 13.0. The first-order valence-electron chi connectivity index (χ1n) is 11.1. The molecule has 3 aromatic rings. The van der Waals surface area contributed by atoms with Gasteiger partial charge in [-0.05, 0) is 42.8 Å². The Hall–Kier alpha value is -3.74. The smallest absolute Gasteiger partial charge is 0.271 e. The lowest BCUT2D eigenvalue weighted by atomic mass is 10.1. The highest BCUT2D eigenvalue weighted by Crippen LogP contribution is 2.16. The molecule has 0 saturated heterocycles. The number of pyridine rings is 1. The van der Waals surface area contributed by atoms with Crippen molar-refractivity contribution in [2.75, 3.05) is 13.1 Å². The van der Waals surface area contributed by atoms with Crippen LogP contribution in [-0.2, 0) is 4.79 Å². The molecule has 0 radical (unpaired) electrons. The fourth-order valence-corrected chi connectivity index (χ4v) is 3.35.